The molecule has 0 bridgehead atoms. The van der Waals surface area contributed by atoms with E-state index in [1.54, 1.807) is 12.1 Å². The second-order valence-electron chi connectivity index (χ2n) is 5.64. The molecule has 4 heteroatoms. The van der Waals surface area contributed by atoms with Crippen LogP contribution in [0.3, 0.4) is 0 Å². The first-order valence-electron chi connectivity index (χ1n) is 6.70. The zero-order chi connectivity index (χ0) is 13.5. The third kappa shape index (κ3) is 2.05. The van der Waals surface area contributed by atoms with Crippen molar-refractivity contribution in [2.45, 2.75) is 38.0 Å². The quantitative estimate of drug-likeness (QED) is 0.789. The summed E-state index contributed by atoms with van der Waals surface area (Å²) in [6.07, 6.45) is 4.31. The number of nitrogens with one attached hydrogen (secondary N) is 1. The summed E-state index contributed by atoms with van der Waals surface area (Å²) in [7, 11) is 0. The lowest BCUT2D eigenvalue weighted by Crippen LogP contribution is -2.49. The molecule has 3 nitrogen and oxygen atoms in total. The zero-order valence-corrected chi connectivity index (χ0v) is 10.6. The van der Waals surface area contributed by atoms with Crippen molar-refractivity contribution in [2.75, 3.05) is 0 Å². The molecule has 1 unspecified atom stereocenters. The molecule has 0 aromatic heterocycles. The van der Waals surface area contributed by atoms with Gasteiger partial charge in [-0.2, -0.15) is 0 Å². The summed E-state index contributed by atoms with van der Waals surface area (Å²) in [4.78, 5) is 23.9. The standard InChI is InChI=1S/C15H16FNO2/c16-11-5-3-10(4-6-11)13-14(19)17-12(18)9-15(13)7-1-2-8-15/h3-6,13H,1-2,7-9H2,(H,17,18,19). The van der Waals surface area contributed by atoms with Gasteiger partial charge in [-0.05, 0) is 36.0 Å². The minimum absolute atomic E-state index is 0.176. The van der Waals surface area contributed by atoms with Gasteiger partial charge in [-0.3, -0.25) is 14.9 Å². The van der Waals surface area contributed by atoms with Gasteiger partial charge in [-0.15, -0.1) is 0 Å². The SMILES string of the molecule is O=C1CC2(CCCC2)C(c2ccc(F)cc2)C(=O)N1. The normalized spacial score (nSPS) is 25.6. The van der Waals surface area contributed by atoms with E-state index in [4.69, 9.17) is 0 Å². The van der Waals surface area contributed by atoms with E-state index in [-0.39, 0.29) is 29.0 Å². The van der Waals surface area contributed by atoms with E-state index in [1.165, 1.54) is 12.1 Å². The number of rotatable bonds is 1. The summed E-state index contributed by atoms with van der Waals surface area (Å²) in [6, 6.07) is 6.08. The smallest absolute Gasteiger partial charge is 0.234 e. The Balaban J connectivity index is 2.02. The Hall–Kier alpha value is -1.71. The Kier molecular flexibility index (Phi) is 2.88. The van der Waals surface area contributed by atoms with Crippen molar-refractivity contribution < 1.29 is 14.0 Å². The largest absolute Gasteiger partial charge is 0.296 e. The van der Waals surface area contributed by atoms with Gasteiger partial charge in [0.05, 0.1) is 5.92 Å². The van der Waals surface area contributed by atoms with Gasteiger partial charge in [-0.25, -0.2) is 4.39 Å². The molecule has 1 saturated heterocycles. The van der Waals surface area contributed by atoms with Crippen molar-refractivity contribution >= 4 is 11.8 Å². The van der Waals surface area contributed by atoms with Crippen LogP contribution < -0.4 is 5.32 Å². The van der Waals surface area contributed by atoms with Crippen molar-refractivity contribution in [1.82, 2.24) is 5.32 Å². The van der Waals surface area contributed by atoms with Gasteiger partial charge < -0.3 is 0 Å². The fourth-order valence-electron chi connectivity index (χ4n) is 3.66. The number of carbonyl (C=O) groups is 2. The minimum Gasteiger partial charge on any atom is -0.296 e. The van der Waals surface area contributed by atoms with Gasteiger partial charge in [-0.1, -0.05) is 25.0 Å². The van der Waals surface area contributed by atoms with Crippen molar-refractivity contribution in [3.05, 3.63) is 35.6 Å². The van der Waals surface area contributed by atoms with Crippen LogP contribution in [0.4, 0.5) is 4.39 Å². The minimum atomic E-state index is -0.326. The van der Waals surface area contributed by atoms with Crippen molar-refractivity contribution in [2.24, 2.45) is 5.41 Å². The number of hydrogen-bond acceptors (Lipinski definition) is 2. The molecule has 1 aromatic carbocycles. The molecule has 3 rings (SSSR count). The predicted octanol–water partition coefficient (Wildman–Crippen LogP) is 2.52. The summed E-state index contributed by atoms with van der Waals surface area (Å²) in [5.41, 5.74) is 0.561. The highest BCUT2D eigenvalue weighted by atomic mass is 19.1. The lowest BCUT2D eigenvalue weighted by molar-refractivity contribution is -0.139. The number of amides is 2. The van der Waals surface area contributed by atoms with E-state index >= 15 is 0 Å². The lowest BCUT2D eigenvalue weighted by atomic mass is 9.66. The number of carbonyl (C=O) groups excluding carboxylic acids is 2. The Morgan fingerprint density at radius 2 is 1.74 bits per heavy atom. The summed E-state index contributed by atoms with van der Waals surface area (Å²) < 4.78 is 13.0. The molecule has 2 amide bonds. The highest BCUT2D eigenvalue weighted by Gasteiger charge is 2.50. The molecular weight excluding hydrogens is 245 g/mol. The molecule has 2 fully saturated rings. The van der Waals surface area contributed by atoms with Crippen LogP contribution in [-0.2, 0) is 9.59 Å². The Bertz CT molecular complexity index is 517. The van der Waals surface area contributed by atoms with E-state index in [0.717, 1.165) is 31.2 Å². The molecule has 1 N–H and O–H groups in total. The van der Waals surface area contributed by atoms with Crippen molar-refractivity contribution in [3.63, 3.8) is 0 Å². The van der Waals surface area contributed by atoms with Crippen LogP contribution in [-0.4, -0.2) is 11.8 Å². The summed E-state index contributed by atoms with van der Waals surface area (Å²) in [5.74, 6) is -1.04. The topological polar surface area (TPSA) is 46.2 Å². The summed E-state index contributed by atoms with van der Waals surface area (Å²) >= 11 is 0. The van der Waals surface area contributed by atoms with E-state index in [1.807, 2.05) is 0 Å². The Morgan fingerprint density at radius 1 is 1.11 bits per heavy atom. The second-order valence-corrected chi connectivity index (χ2v) is 5.64. The average Bonchev–Trinajstić information content (AvgIpc) is 2.79. The fraction of sp³-hybridized carbons (Fsp3) is 0.467. The predicted molar refractivity (Wildman–Crippen MR) is 67.8 cm³/mol. The van der Waals surface area contributed by atoms with E-state index in [2.05, 4.69) is 5.32 Å². The molecule has 100 valence electrons. The van der Waals surface area contributed by atoms with E-state index < -0.39 is 0 Å². The number of halogens is 1. The lowest BCUT2D eigenvalue weighted by Gasteiger charge is -2.40. The number of hydrogen-bond donors (Lipinski definition) is 1. The van der Waals surface area contributed by atoms with Gasteiger partial charge in [0, 0.05) is 6.42 Å². The van der Waals surface area contributed by atoms with Crippen LogP contribution in [0.5, 0.6) is 0 Å². The maximum Gasteiger partial charge on any atom is 0.234 e. The average molecular weight is 261 g/mol. The molecule has 1 aliphatic heterocycles. The number of imide groups is 1. The first-order chi connectivity index (χ1) is 9.11. The van der Waals surface area contributed by atoms with Gasteiger partial charge in [0.15, 0.2) is 0 Å². The third-order valence-electron chi connectivity index (χ3n) is 4.45. The fourth-order valence-corrected chi connectivity index (χ4v) is 3.66. The summed E-state index contributed by atoms with van der Waals surface area (Å²) in [5, 5.41) is 2.42. The maximum atomic E-state index is 13.0. The molecule has 1 aliphatic carbocycles. The van der Waals surface area contributed by atoms with E-state index in [9.17, 15) is 14.0 Å². The van der Waals surface area contributed by atoms with Crippen LogP contribution in [0.25, 0.3) is 0 Å². The van der Waals surface area contributed by atoms with E-state index in [0.29, 0.717) is 6.42 Å². The van der Waals surface area contributed by atoms with Gasteiger partial charge in [0.25, 0.3) is 0 Å². The van der Waals surface area contributed by atoms with Gasteiger partial charge >= 0.3 is 0 Å². The first kappa shape index (κ1) is 12.3. The first-order valence-corrected chi connectivity index (χ1v) is 6.70. The van der Waals surface area contributed by atoms with Crippen molar-refractivity contribution in [3.8, 4) is 0 Å². The summed E-state index contributed by atoms with van der Waals surface area (Å²) in [6.45, 7) is 0. The molecule has 19 heavy (non-hydrogen) atoms. The second kappa shape index (κ2) is 4.44. The van der Waals surface area contributed by atoms with Crippen LogP contribution in [0, 0.1) is 11.2 Å². The zero-order valence-electron chi connectivity index (χ0n) is 10.6. The third-order valence-corrected chi connectivity index (χ3v) is 4.45. The molecule has 0 radical (unpaired) electrons. The van der Waals surface area contributed by atoms with Gasteiger partial charge in [0.2, 0.25) is 11.8 Å². The molecule has 1 aromatic rings. The number of benzene rings is 1. The maximum absolute atomic E-state index is 13.0. The highest BCUT2D eigenvalue weighted by molar-refractivity contribution is 6.02. The van der Waals surface area contributed by atoms with Gasteiger partial charge in [0.1, 0.15) is 5.82 Å². The molecule has 1 atom stereocenters. The molecule has 2 aliphatic rings. The monoisotopic (exact) mass is 261 g/mol. The Labute approximate surface area is 111 Å². The van der Waals surface area contributed by atoms with Crippen molar-refractivity contribution in [1.29, 1.82) is 0 Å². The molecule has 1 spiro atoms. The van der Waals surface area contributed by atoms with Crippen LogP contribution in [0.15, 0.2) is 24.3 Å². The van der Waals surface area contributed by atoms with Crippen LogP contribution in [0.1, 0.15) is 43.6 Å². The van der Waals surface area contributed by atoms with Crippen LogP contribution in [0.2, 0.25) is 0 Å². The van der Waals surface area contributed by atoms with Crippen LogP contribution >= 0.6 is 0 Å². The Morgan fingerprint density at radius 3 is 2.37 bits per heavy atom. The molecular formula is C15H16FNO2. The highest BCUT2D eigenvalue weighted by Crippen LogP contribution is 2.52. The number of piperidine rings is 1. The molecule has 1 saturated carbocycles. The molecule has 1 heterocycles.